The van der Waals surface area contributed by atoms with E-state index in [4.69, 9.17) is 16.3 Å². The van der Waals surface area contributed by atoms with Gasteiger partial charge in [-0.2, -0.15) is 0 Å². The minimum absolute atomic E-state index is 0.176. The van der Waals surface area contributed by atoms with Crippen LogP contribution in [0.1, 0.15) is 5.56 Å². The molecule has 0 saturated carbocycles. The summed E-state index contributed by atoms with van der Waals surface area (Å²) in [5.41, 5.74) is 7.24. The number of pyridine rings is 1. The van der Waals surface area contributed by atoms with Crippen molar-refractivity contribution in [3.8, 4) is 11.3 Å². The molecule has 1 aromatic carbocycles. The van der Waals surface area contributed by atoms with Crippen molar-refractivity contribution in [3.05, 3.63) is 48.2 Å². The van der Waals surface area contributed by atoms with Gasteiger partial charge in [-0.3, -0.25) is 10.4 Å². The number of nitrogens with one attached hydrogen (secondary N) is 1. The van der Waals surface area contributed by atoms with Crippen LogP contribution < -0.4 is 10.9 Å². The second-order valence-electron chi connectivity index (χ2n) is 3.60. The van der Waals surface area contributed by atoms with Gasteiger partial charge in [0.05, 0.1) is 10.6 Å². The zero-order valence-corrected chi connectivity index (χ0v) is 10.3. The lowest BCUT2D eigenvalue weighted by Gasteiger charge is -2.11. The van der Waals surface area contributed by atoms with Gasteiger partial charge in [-0.25, -0.2) is 9.35 Å². The molecule has 0 aliphatic heterocycles. The number of rotatable bonds is 3. The Hall–Kier alpha value is -2.05. The Morgan fingerprint density at radius 3 is 2.56 bits per heavy atom. The van der Waals surface area contributed by atoms with Crippen LogP contribution in [0, 0.1) is 5.41 Å². The van der Waals surface area contributed by atoms with E-state index in [1.54, 1.807) is 36.5 Å². The van der Waals surface area contributed by atoms with Crippen LogP contribution in [0.25, 0.3) is 11.3 Å². The quantitative estimate of drug-likeness (QED) is 0.566. The van der Waals surface area contributed by atoms with Gasteiger partial charge in [0.15, 0.2) is 0 Å². The first kappa shape index (κ1) is 12.4. The molecule has 0 bridgehead atoms. The fourth-order valence-corrected chi connectivity index (χ4v) is 2.35. The minimum Gasteiger partial charge on any atom is -0.384 e. The van der Waals surface area contributed by atoms with Crippen LogP contribution in [0.15, 0.2) is 47.5 Å². The highest BCUT2D eigenvalue weighted by molar-refractivity contribution is 7.82. The average molecular weight is 260 g/mol. The first-order valence-corrected chi connectivity index (χ1v) is 6.37. The van der Waals surface area contributed by atoms with E-state index in [0.717, 1.165) is 0 Å². The lowest BCUT2D eigenvalue weighted by atomic mass is 10.0. The SMILES string of the molecule is N=C(N)c1c(-c2ccccn2)cccc1S(N)=O. The predicted molar refractivity (Wildman–Crippen MR) is 71.3 cm³/mol. The molecule has 5 nitrogen and oxygen atoms in total. The second-order valence-corrected chi connectivity index (χ2v) is 4.64. The highest BCUT2D eigenvalue weighted by Crippen LogP contribution is 2.25. The highest BCUT2D eigenvalue weighted by atomic mass is 32.2. The number of nitrogens with two attached hydrogens (primary N) is 2. The minimum atomic E-state index is -1.69. The van der Waals surface area contributed by atoms with Crippen molar-refractivity contribution in [1.29, 1.82) is 5.41 Å². The van der Waals surface area contributed by atoms with E-state index in [-0.39, 0.29) is 5.84 Å². The Morgan fingerprint density at radius 2 is 2.00 bits per heavy atom. The van der Waals surface area contributed by atoms with E-state index in [9.17, 15) is 4.21 Å². The number of nitrogens with zero attached hydrogens (tertiary/aromatic N) is 1. The van der Waals surface area contributed by atoms with Gasteiger partial charge in [0.2, 0.25) is 0 Å². The fourth-order valence-electron chi connectivity index (χ4n) is 1.71. The predicted octanol–water partition coefficient (Wildman–Crippen LogP) is 1.01. The van der Waals surface area contributed by atoms with E-state index in [1.807, 2.05) is 6.07 Å². The molecule has 92 valence electrons. The summed E-state index contributed by atoms with van der Waals surface area (Å²) >= 11 is 0. The second kappa shape index (κ2) is 5.07. The molecule has 0 fully saturated rings. The number of aromatic nitrogens is 1. The number of benzene rings is 1. The summed E-state index contributed by atoms with van der Waals surface area (Å²) < 4.78 is 11.5. The largest absolute Gasteiger partial charge is 0.384 e. The molecule has 1 unspecified atom stereocenters. The number of amidine groups is 1. The summed E-state index contributed by atoms with van der Waals surface area (Å²) in [6.45, 7) is 0. The van der Waals surface area contributed by atoms with E-state index >= 15 is 0 Å². The van der Waals surface area contributed by atoms with Crippen LogP contribution in [0.4, 0.5) is 0 Å². The molecular formula is C12H12N4OS. The Morgan fingerprint density at radius 1 is 1.22 bits per heavy atom. The molecule has 0 aliphatic carbocycles. The van der Waals surface area contributed by atoms with Crippen LogP contribution in [0.2, 0.25) is 0 Å². The molecule has 6 heteroatoms. The summed E-state index contributed by atoms with van der Waals surface area (Å²) in [6.07, 6.45) is 1.64. The third kappa shape index (κ3) is 2.29. The van der Waals surface area contributed by atoms with Crippen molar-refractivity contribution in [1.82, 2.24) is 4.98 Å². The zero-order chi connectivity index (χ0) is 13.1. The summed E-state index contributed by atoms with van der Waals surface area (Å²) in [5.74, 6) is -0.176. The van der Waals surface area contributed by atoms with Gasteiger partial charge >= 0.3 is 0 Å². The van der Waals surface area contributed by atoms with E-state index in [1.165, 1.54) is 0 Å². The Kier molecular flexibility index (Phi) is 3.50. The summed E-state index contributed by atoms with van der Waals surface area (Å²) in [6, 6.07) is 10.5. The fraction of sp³-hybridized carbons (Fsp3) is 0. The van der Waals surface area contributed by atoms with Crippen LogP contribution in [-0.4, -0.2) is 15.0 Å². The van der Waals surface area contributed by atoms with Gasteiger partial charge in [0.1, 0.15) is 16.8 Å². The van der Waals surface area contributed by atoms with Crippen molar-refractivity contribution in [2.45, 2.75) is 4.90 Å². The van der Waals surface area contributed by atoms with Crippen LogP contribution in [-0.2, 0) is 11.0 Å². The van der Waals surface area contributed by atoms with E-state index in [0.29, 0.717) is 21.7 Å². The molecule has 0 spiro atoms. The molecule has 1 aromatic heterocycles. The van der Waals surface area contributed by atoms with Crippen LogP contribution in [0.5, 0.6) is 0 Å². The van der Waals surface area contributed by atoms with Gasteiger partial charge in [-0.05, 0) is 18.2 Å². The standard InChI is InChI=1S/C12H12N4OS/c13-12(14)11-8(9-5-1-2-7-16-9)4-3-6-10(11)18(15)17/h1-7H,15H2,(H3,13,14). The Labute approximate surface area is 107 Å². The lowest BCUT2D eigenvalue weighted by Crippen LogP contribution is -2.18. The van der Waals surface area contributed by atoms with Crippen LogP contribution in [0.3, 0.4) is 0 Å². The summed E-state index contributed by atoms with van der Waals surface area (Å²) in [5, 5.41) is 13.0. The maximum absolute atomic E-state index is 11.5. The first-order chi connectivity index (χ1) is 8.61. The maximum Gasteiger partial charge on any atom is 0.124 e. The normalized spacial score (nSPS) is 12.1. The molecule has 0 aliphatic rings. The van der Waals surface area contributed by atoms with Crippen molar-refractivity contribution >= 4 is 16.8 Å². The first-order valence-electron chi connectivity index (χ1n) is 5.16. The molecule has 1 heterocycles. The Balaban J connectivity index is 2.72. The smallest absolute Gasteiger partial charge is 0.124 e. The van der Waals surface area contributed by atoms with Crippen molar-refractivity contribution < 1.29 is 4.21 Å². The highest BCUT2D eigenvalue weighted by Gasteiger charge is 2.15. The van der Waals surface area contributed by atoms with Crippen molar-refractivity contribution in [2.24, 2.45) is 10.9 Å². The van der Waals surface area contributed by atoms with Gasteiger partial charge < -0.3 is 5.73 Å². The molecule has 2 aromatic rings. The van der Waals surface area contributed by atoms with Crippen LogP contribution >= 0.6 is 0 Å². The average Bonchev–Trinajstić information content (AvgIpc) is 2.38. The molecular weight excluding hydrogens is 248 g/mol. The monoisotopic (exact) mass is 260 g/mol. The van der Waals surface area contributed by atoms with E-state index in [2.05, 4.69) is 4.98 Å². The summed E-state index contributed by atoms with van der Waals surface area (Å²) in [7, 11) is -1.69. The molecule has 5 N–H and O–H groups in total. The molecule has 0 amide bonds. The third-order valence-electron chi connectivity index (χ3n) is 2.45. The van der Waals surface area contributed by atoms with Crippen molar-refractivity contribution in [2.75, 3.05) is 0 Å². The molecule has 0 radical (unpaired) electrons. The maximum atomic E-state index is 11.5. The van der Waals surface area contributed by atoms with Crippen molar-refractivity contribution in [3.63, 3.8) is 0 Å². The van der Waals surface area contributed by atoms with Gasteiger partial charge in [-0.1, -0.05) is 18.2 Å². The summed E-state index contributed by atoms with van der Waals surface area (Å²) in [4.78, 5) is 4.54. The lowest BCUT2D eigenvalue weighted by molar-refractivity contribution is 0.684. The van der Waals surface area contributed by atoms with Gasteiger partial charge in [0, 0.05) is 17.3 Å². The van der Waals surface area contributed by atoms with Gasteiger partial charge in [-0.15, -0.1) is 0 Å². The molecule has 18 heavy (non-hydrogen) atoms. The van der Waals surface area contributed by atoms with E-state index < -0.39 is 11.0 Å². The molecule has 0 saturated heterocycles. The number of nitrogen functional groups attached to an aromatic ring is 1. The molecule has 1 atom stereocenters. The van der Waals surface area contributed by atoms with Gasteiger partial charge in [0.25, 0.3) is 0 Å². The molecule has 2 rings (SSSR count). The number of hydrogen-bond acceptors (Lipinski definition) is 3. The third-order valence-corrected chi connectivity index (χ3v) is 3.23. The Bertz CT molecular complexity index is 613. The topological polar surface area (TPSA) is 106 Å². The number of hydrogen-bond donors (Lipinski definition) is 3. The zero-order valence-electron chi connectivity index (χ0n) is 9.46.